The van der Waals surface area contributed by atoms with Gasteiger partial charge in [-0.25, -0.2) is 0 Å². The van der Waals surface area contributed by atoms with E-state index < -0.39 is 18.0 Å². The zero-order chi connectivity index (χ0) is 31.6. The molecule has 11 heteroatoms. The smallest absolute Gasteiger partial charge is 0.303 e. The Labute approximate surface area is 268 Å². The molecule has 0 saturated carbocycles. The van der Waals surface area contributed by atoms with E-state index >= 15 is 0 Å². The summed E-state index contributed by atoms with van der Waals surface area (Å²) < 4.78 is 0. The largest absolute Gasteiger partial charge is 0.481 e. The molecule has 4 heterocycles. The van der Waals surface area contributed by atoms with Gasteiger partial charge in [0.2, 0.25) is 0 Å². The summed E-state index contributed by atoms with van der Waals surface area (Å²) in [4.78, 5) is 56.0. The maximum absolute atomic E-state index is 12.3. The maximum atomic E-state index is 12.3. The number of hydrogen-bond acceptors (Lipinski definition) is 5. The van der Waals surface area contributed by atoms with Gasteiger partial charge in [0.25, 0.3) is 11.8 Å². The van der Waals surface area contributed by atoms with Crippen molar-refractivity contribution in [3.63, 3.8) is 0 Å². The molecule has 0 spiro atoms. The van der Waals surface area contributed by atoms with Crippen molar-refractivity contribution >= 4 is 35.5 Å². The molecule has 0 aromatic carbocycles. The predicted octanol–water partition coefficient (Wildman–Crippen LogP) is 4.37. The first-order valence-electron chi connectivity index (χ1n) is 14.0. The Balaban J connectivity index is 0.00000529. The number of H-pyrrole nitrogens is 1. The van der Waals surface area contributed by atoms with Crippen LogP contribution in [0.25, 0.3) is 6.08 Å². The first-order valence-corrected chi connectivity index (χ1v) is 14.0. The van der Waals surface area contributed by atoms with E-state index in [1.165, 1.54) is 6.08 Å². The number of nitrogens with zero attached hydrogens (tertiary/aromatic N) is 1. The van der Waals surface area contributed by atoms with Crippen LogP contribution in [0, 0.1) is 6.92 Å². The molecule has 0 bridgehead atoms. The number of carbonyl (C=O) groups excluding carboxylic acids is 2. The number of nitrogens with one attached hydrogen (secondary N) is 3. The zero-order valence-electron chi connectivity index (χ0n) is 25.5. The molecule has 226 valence electrons. The van der Waals surface area contributed by atoms with Gasteiger partial charge in [-0.2, -0.15) is 0 Å². The summed E-state index contributed by atoms with van der Waals surface area (Å²) in [6.45, 7) is 14.9. The summed E-state index contributed by atoms with van der Waals surface area (Å²) in [7, 11) is 0. The quantitative estimate of drug-likeness (QED) is 0.211. The average Bonchev–Trinajstić information content (AvgIpc) is 3.59. The minimum absolute atomic E-state index is 0. The van der Waals surface area contributed by atoms with E-state index in [0.29, 0.717) is 46.7 Å². The van der Waals surface area contributed by atoms with Crippen LogP contribution in [0.2, 0.25) is 0 Å². The molecule has 1 unspecified atom stereocenters. The third-order valence-corrected chi connectivity index (χ3v) is 8.23. The Hall–Kier alpha value is -4.37. The van der Waals surface area contributed by atoms with Gasteiger partial charge in [-0.05, 0) is 80.5 Å². The minimum atomic E-state index is -0.923. The number of carbonyl (C=O) groups is 4. The second-order valence-electron chi connectivity index (χ2n) is 10.8. The van der Waals surface area contributed by atoms with E-state index in [2.05, 4.69) is 28.8 Å². The Bertz CT molecular complexity index is 1660. The zero-order valence-corrected chi connectivity index (χ0v) is 28.5. The number of aliphatic imine (C=N–C) groups is 1. The molecule has 5 N–H and O–H groups in total. The summed E-state index contributed by atoms with van der Waals surface area (Å²) >= 11 is 0. The summed E-state index contributed by atoms with van der Waals surface area (Å²) in [6.07, 6.45) is 7.58. The van der Waals surface area contributed by atoms with Crippen LogP contribution in [0.4, 0.5) is 0 Å². The summed E-state index contributed by atoms with van der Waals surface area (Å²) in [6, 6.07) is -0.398. The van der Waals surface area contributed by atoms with E-state index in [1.54, 1.807) is 19.1 Å². The molecule has 1 atom stereocenters. The summed E-state index contributed by atoms with van der Waals surface area (Å²) in [5, 5.41) is 24.6. The molecule has 2 amide bonds. The fourth-order valence-electron chi connectivity index (χ4n) is 5.72. The van der Waals surface area contributed by atoms with Crippen molar-refractivity contribution in [1.29, 1.82) is 0 Å². The van der Waals surface area contributed by atoms with Crippen LogP contribution in [-0.4, -0.2) is 50.7 Å². The third-order valence-electron chi connectivity index (χ3n) is 8.23. The van der Waals surface area contributed by atoms with Gasteiger partial charge in [0, 0.05) is 72.5 Å². The first kappa shape index (κ1) is 34.1. The average molecular weight is 650 g/mol. The number of carboxylic acids is 2. The van der Waals surface area contributed by atoms with Crippen LogP contribution in [0.5, 0.6) is 0 Å². The summed E-state index contributed by atoms with van der Waals surface area (Å²) in [5.74, 6) is -2.29. The third kappa shape index (κ3) is 6.89. The fourth-order valence-corrected chi connectivity index (χ4v) is 5.72. The van der Waals surface area contributed by atoms with Crippen LogP contribution in [0.15, 0.2) is 81.2 Å². The van der Waals surface area contributed by atoms with Crippen molar-refractivity contribution < 1.29 is 48.9 Å². The van der Waals surface area contributed by atoms with Gasteiger partial charge in [0.1, 0.15) is 0 Å². The van der Waals surface area contributed by atoms with Crippen LogP contribution in [0.3, 0.4) is 0 Å². The molecule has 0 radical (unpaired) electrons. The molecular weight excluding hydrogens is 614 g/mol. The van der Waals surface area contributed by atoms with Crippen LogP contribution in [0.1, 0.15) is 62.5 Å². The number of hydrogen-bond donors (Lipinski definition) is 5. The number of carboxylic acid groups (broad SMARTS) is 2. The maximum Gasteiger partial charge on any atom is 0.303 e. The van der Waals surface area contributed by atoms with Crippen LogP contribution in [-0.2, 0) is 51.5 Å². The van der Waals surface area contributed by atoms with E-state index in [0.717, 1.165) is 39.2 Å². The second-order valence-corrected chi connectivity index (χ2v) is 10.8. The fraction of sp³-hybridized carbons (Fsp3) is 0.303. The van der Waals surface area contributed by atoms with Gasteiger partial charge in [0.15, 0.2) is 0 Å². The second kappa shape index (κ2) is 13.9. The first-order chi connectivity index (χ1) is 20.4. The number of amides is 2. The van der Waals surface area contributed by atoms with Crippen LogP contribution >= 0.6 is 0 Å². The summed E-state index contributed by atoms with van der Waals surface area (Å²) in [5.41, 5.74) is 9.29. The van der Waals surface area contributed by atoms with E-state index in [-0.39, 0.29) is 50.6 Å². The number of allylic oxidation sites excluding steroid dienone is 4. The molecule has 44 heavy (non-hydrogen) atoms. The van der Waals surface area contributed by atoms with Crippen molar-refractivity contribution in [1.82, 2.24) is 15.6 Å². The molecule has 4 rings (SSSR count). The number of rotatable bonds is 12. The minimum Gasteiger partial charge on any atom is -0.481 e. The molecule has 3 aliphatic heterocycles. The Morgan fingerprint density at radius 2 is 1.45 bits per heavy atom. The van der Waals surface area contributed by atoms with Crippen LogP contribution < -0.4 is 10.6 Å². The monoisotopic (exact) mass is 648 g/mol. The molecule has 0 aliphatic carbocycles. The molecular formula is C33H36N4O6Zn. The molecule has 10 nitrogen and oxygen atoms in total. The van der Waals surface area contributed by atoms with Crippen molar-refractivity contribution in [2.75, 3.05) is 0 Å². The van der Waals surface area contributed by atoms with Crippen molar-refractivity contribution in [3.8, 4) is 0 Å². The van der Waals surface area contributed by atoms with Gasteiger partial charge >= 0.3 is 11.9 Å². The molecule has 0 fully saturated rings. The molecule has 3 aliphatic rings. The number of aromatic nitrogens is 1. The Kier molecular flexibility index (Phi) is 10.8. The molecule has 1 aromatic heterocycles. The van der Waals surface area contributed by atoms with Gasteiger partial charge in [-0.15, -0.1) is 0 Å². The van der Waals surface area contributed by atoms with Crippen molar-refractivity contribution in [3.05, 3.63) is 98.7 Å². The number of aromatic amines is 1. The standard InChI is InChI=1S/C33H36N4O6.Zn/c1-7-20-19(6)32(42)37-27(20)14-25-18(5)23(10-12-31(40)41)29(35-25)15-28-22(9-11-30(38)39)17(4)24(34-28)13-26-16(3)21(8-2)33(43)36-26;/h7-8,13-14,28,35H,1-2,9-12,15H2,3-6H3,(H,36,43)(H,37,42)(H,38,39)(H,40,41);. The van der Waals surface area contributed by atoms with Gasteiger partial charge in [-0.3, -0.25) is 24.2 Å². The topological polar surface area (TPSA) is 161 Å². The van der Waals surface area contributed by atoms with E-state index in [1.807, 2.05) is 26.8 Å². The number of aliphatic carboxylic acids is 2. The van der Waals surface area contributed by atoms with Gasteiger partial charge < -0.3 is 25.8 Å². The normalized spacial score (nSPS) is 19.9. The SMILES string of the molecule is C=CC1=C(C)C(=CC2=NC(Cc3[nH]c(C=C4NC(=O)C(C)=C4C=C)c(C)c3CCC(=O)O)C(CCC(=O)O)=C2C)NC1=O.[Zn]. The van der Waals surface area contributed by atoms with Crippen molar-refractivity contribution in [2.24, 2.45) is 4.99 Å². The predicted molar refractivity (Wildman–Crippen MR) is 164 cm³/mol. The Morgan fingerprint density at radius 1 is 0.841 bits per heavy atom. The molecule has 0 saturated heterocycles. The van der Waals surface area contributed by atoms with Crippen molar-refractivity contribution in [2.45, 2.75) is 65.8 Å². The molecule has 1 aromatic rings. The van der Waals surface area contributed by atoms with Gasteiger partial charge in [-0.1, -0.05) is 25.3 Å². The van der Waals surface area contributed by atoms with E-state index in [4.69, 9.17) is 4.99 Å². The Morgan fingerprint density at radius 3 is 2.05 bits per heavy atom. The van der Waals surface area contributed by atoms with Gasteiger partial charge in [0.05, 0.1) is 17.5 Å². The van der Waals surface area contributed by atoms with E-state index in [9.17, 15) is 29.4 Å².